The predicted octanol–water partition coefficient (Wildman–Crippen LogP) is 4.20. The molecule has 1 aliphatic rings. The average Bonchev–Trinajstić information content (AvgIpc) is 3.31. The molecule has 1 aromatic heterocycles. The van der Waals surface area contributed by atoms with Crippen LogP contribution in [0.1, 0.15) is 25.7 Å². The molecule has 0 radical (unpaired) electrons. The van der Waals surface area contributed by atoms with Crippen LogP contribution >= 0.6 is 11.3 Å². The number of ether oxygens (including phenoxy) is 1. The van der Waals surface area contributed by atoms with E-state index in [0.29, 0.717) is 45.0 Å². The third kappa shape index (κ3) is 7.46. The first-order valence-corrected chi connectivity index (χ1v) is 13.0. The van der Waals surface area contributed by atoms with Crippen molar-refractivity contribution in [3.8, 4) is 0 Å². The number of halogens is 1. The molecule has 0 atom stereocenters. The highest BCUT2D eigenvalue weighted by Crippen LogP contribution is 2.19. The fourth-order valence-corrected chi connectivity index (χ4v) is 5.08. The Morgan fingerprint density at radius 3 is 2.33 bits per heavy atom. The molecule has 0 saturated carbocycles. The lowest BCUT2D eigenvalue weighted by Crippen LogP contribution is -2.47. The molecule has 4 rings (SSSR count). The van der Waals surface area contributed by atoms with E-state index in [1.165, 1.54) is 29.1 Å². The molecular formula is C28H32FN3O3S. The van der Waals surface area contributed by atoms with Gasteiger partial charge in [-0.15, -0.1) is 11.3 Å². The Morgan fingerprint density at radius 1 is 0.944 bits per heavy atom. The molecule has 1 aliphatic heterocycles. The summed E-state index contributed by atoms with van der Waals surface area (Å²) >= 11 is 1.67. The van der Waals surface area contributed by atoms with Crippen LogP contribution in [-0.2, 0) is 22.6 Å². The molecule has 1 fully saturated rings. The van der Waals surface area contributed by atoms with Gasteiger partial charge in [-0.3, -0.25) is 14.5 Å². The normalized spacial score (nSPS) is 13.9. The SMILES string of the molecule is Cc1ccc(CN(Cc2ccccc2)C(=O)CN(CCN2CCOCC2)C(=O)c2ccc(F)cc2)s1. The van der Waals surface area contributed by atoms with E-state index < -0.39 is 5.82 Å². The quantitative estimate of drug-likeness (QED) is 0.411. The number of hydrogen-bond acceptors (Lipinski definition) is 5. The second kappa shape index (κ2) is 12.8. The van der Waals surface area contributed by atoms with Gasteiger partial charge in [0.15, 0.2) is 0 Å². The molecule has 0 aliphatic carbocycles. The highest BCUT2D eigenvalue weighted by molar-refractivity contribution is 7.11. The second-order valence-corrected chi connectivity index (χ2v) is 10.3. The molecule has 3 aromatic rings. The van der Waals surface area contributed by atoms with Crippen molar-refractivity contribution in [2.75, 3.05) is 45.9 Å². The van der Waals surface area contributed by atoms with Crippen LogP contribution in [0.2, 0.25) is 0 Å². The summed E-state index contributed by atoms with van der Waals surface area (Å²) in [7, 11) is 0. The highest BCUT2D eigenvalue weighted by atomic mass is 32.1. The number of carbonyl (C=O) groups excluding carboxylic acids is 2. The molecule has 0 spiro atoms. The van der Waals surface area contributed by atoms with Gasteiger partial charge in [-0.2, -0.15) is 0 Å². The number of nitrogens with zero attached hydrogens (tertiary/aromatic N) is 3. The summed E-state index contributed by atoms with van der Waals surface area (Å²) in [4.78, 5) is 35.0. The van der Waals surface area contributed by atoms with Gasteiger partial charge in [0.2, 0.25) is 5.91 Å². The van der Waals surface area contributed by atoms with Crippen LogP contribution in [0.15, 0.2) is 66.7 Å². The maximum absolute atomic E-state index is 13.7. The zero-order valence-corrected chi connectivity index (χ0v) is 21.4. The van der Waals surface area contributed by atoms with Crippen molar-refractivity contribution in [3.05, 3.63) is 93.4 Å². The van der Waals surface area contributed by atoms with Crippen molar-refractivity contribution in [3.63, 3.8) is 0 Å². The van der Waals surface area contributed by atoms with Gasteiger partial charge in [-0.1, -0.05) is 30.3 Å². The Kier molecular flexibility index (Phi) is 9.22. The van der Waals surface area contributed by atoms with Crippen LogP contribution in [0.3, 0.4) is 0 Å². The van der Waals surface area contributed by atoms with Crippen molar-refractivity contribution in [1.82, 2.24) is 14.7 Å². The second-order valence-electron chi connectivity index (χ2n) is 8.94. The molecule has 2 amide bonds. The minimum atomic E-state index is -0.400. The van der Waals surface area contributed by atoms with Crippen LogP contribution < -0.4 is 0 Å². The van der Waals surface area contributed by atoms with Crippen molar-refractivity contribution >= 4 is 23.2 Å². The Labute approximate surface area is 215 Å². The van der Waals surface area contributed by atoms with Crippen LogP contribution in [-0.4, -0.2) is 72.5 Å². The van der Waals surface area contributed by atoms with E-state index >= 15 is 0 Å². The molecule has 6 nitrogen and oxygen atoms in total. The number of morpholine rings is 1. The van der Waals surface area contributed by atoms with Crippen molar-refractivity contribution in [2.24, 2.45) is 0 Å². The lowest BCUT2D eigenvalue weighted by atomic mass is 10.2. The van der Waals surface area contributed by atoms with Gasteiger partial charge in [-0.05, 0) is 48.9 Å². The average molecular weight is 510 g/mol. The summed E-state index contributed by atoms with van der Waals surface area (Å²) in [6, 6.07) is 19.5. The molecule has 0 N–H and O–H groups in total. The summed E-state index contributed by atoms with van der Waals surface area (Å²) in [6.45, 7) is 6.91. The zero-order chi connectivity index (χ0) is 25.3. The predicted molar refractivity (Wildman–Crippen MR) is 139 cm³/mol. The van der Waals surface area contributed by atoms with E-state index in [0.717, 1.165) is 23.5 Å². The van der Waals surface area contributed by atoms with Gasteiger partial charge < -0.3 is 14.5 Å². The molecule has 0 bridgehead atoms. The monoisotopic (exact) mass is 509 g/mol. The minimum absolute atomic E-state index is 0.0439. The number of benzene rings is 2. The molecule has 2 aromatic carbocycles. The van der Waals surface area contributed by atoms with Crippen LogP contribution in [0, 0.1) is 12.7 Å². The van der Waals surface area contributed by atoms with Crippen molar-refractivity contribution < 1.29 is 18.7 Å². The molecule has 1 saturated heterocycles. The van der Waals surface area contributed by atoms with E-state index in [1.807, 2.05) is 43.3 Å². The maximum Gasteiger partial charge on any atom is 0.254 e. The van der Waals surface area contributed by atoms with Crippen LogP contribution in [0.25, 0.3) is 0 Å². The molecule has 0 unspecified atom stereocenters. The molecular weight excluding hydrogens is 477 g/mol. The number of carbonyl (C=O) groups is 2. The van der Waals surface area contributed by atoms with Gasteiger partial charge in [0.05, 0.1) is 19.8 Å². The smallest absolute Gasteiger partial charge is 0.254 e. The fraction of sp³-hybridized carbons (Fsp3) is 0.357. The Balaban J connectivity index is 1.52. The van der Waals surface area contributed by atoms with Gasteiger partial charge in [-0.25, -0.2) is 4.39 Å². The van der Waals surface area contributed by atoms with Gasteiger partial charge >= 0.3 is 0 Å². The molecule has 2 heterocycles. The van der Waals surface area contributed by atoms with Gasteiger partial charge in [0.25, 0.3) is 5.91 Å². The first kappa shape index (κ1) is 26.0. The highest BCUT2D eigenvalue weighted by Gasteiger charge is 2.24. The fourth-order valence-electron chi connectivity index (χ4n) is 4.17. The number of rotatable bonds is 10. The summed E-state index contributed by atoms with van der Waals surface area (Å²) in [5.74, 6) is -0.798. The van der Waals surface area contributed by atoms with Gasteiger partial charge in [0, 0.05) is 48.0 Å². The Hall–Kier alpha value is -3.07. The van der Waals surface area contributed by atoms with Crippen LogP contribution in [0.5, 0.6) is 0 Å². The zero-order valence-electron chi connectivity index (χ0n) is 20.6. The standard InChI is InChI=1S/C28H32FN3O3S/c1-22-7-12-26(36-22)20-32(19-23-5-3-2-4-6-23)27(33)21-31(14-13-30-15-17-35-18-16-30)28(34)24-8-10-25(29)11-9-24/h2-12H,13-21H2,1H3. The summed E-state index contributed by atoms with van der Waals surface area (Å²) < 4.78 is 18.9. The van der Waals surface area contributed by atoms with Crippen molar-refractivity contribution in [1.29, 1.82) is 0 Å². The van der Waals surface area contributed by atoms with E-state index in [2.05, 4.69) is 11.0 Å². The van der Waals surface area contributed by atoms with E-state index in [1.54, 1.807) is 21.1 Å². The first-order chi connectivity index (χ1) is 17.5. The lowest BCUT2D eigenvalue weighted by molar-refractivity contribution is -0.133. The van der Waals surface area contributed by atoms with E-state index in [-0.39, 0.29) is 18.4 Å². The molecule has 36 heavy (non-hydrogen) atoms. The number of amides is 2. The number of aryl methyl sites for hydroxylation is 1. The summed E-state index contributed by atoms with van der Waals surface area (Å²) in [5, 5.41) is 0. The van der Waals surface area contributed by atoms with Gasteiger partial charge in [0.1, 0.15) is 12.4 Å². The Bertz CT molecular complexity index is 1130. The largest absolute Gasteiger partial charge is 0.379 e. The molecule has 8 heteroatoms. The molecule has 190 valence electrons. The third-order valence-electron chi connectivity index (χ3n) is 6.21. The minimum Gasteiger partial charge on any atom is -0.379 e. The van der Waals surface area contributed by atoms with Crippen molar-refractivity contribution in [2.45, 2.75) is 20.0 Å². The van der Waals surface area contributed by atoms with E-state index in [4.69, 9.17) is 4.74 Å². The van der Waals surface area contributed by atoms with Crippen LogP contribution in [0.4, 0.5) is 4.39 Å². The topological polar surface area (TPSA) is 53.1 Å². The first-order valence-electron chi connectivity index (χ1n) is 12.2. The Morgan fingerprint density at radius 2 is 1.67 bits per heavy atom. The number of hydrogen-bond donors (Lipinski definition) is 0. The van der Waals surface area contributed by atoms with E-state index in [9.17, 15) is 14.0 Å². The lowest BCUT2D eigenvalue weighted by Gasteiger charge is -2.31. The summed E-state index contributed by atoms with van der Waals surface area (Å²) in [5.41, 5.74) is 1.40. The maximum atomic E-state index is 13.7. The third-order valence-corrected chi connectivity index (χ3v) is 7.19. The number of thiophene rings is 1. The summed E-state index contributed by atoms with van der Waals surface area (Å²) in [6.07, 6.45) is 0.